The molecule has 0 aromatic heterocycles. The second kappa shape index (κ2) is 4.73. The lowest BCUT2D eigenvalue weighted by atomic mass is 10.2. The molecule has 0 N–H and O–H groups in total. The molecule has 1 atom stereocenters. The fraction of sp³-hybridized carbons (Fsp3) is 1.00. The van der Waals surface area contributed by atoms with Gasteiger partial charge in [-0.1, -0.05) is 13.8 Å². The van der Waals surface area contributed by atoms with Crippen LogP contribution in [0.15, 0.2) is 0 Å². The van der Waals surface area contributed by atoms with Crippen molar-refractivity contribution in [2.75, 3.05) is 6.54 Å². The summed E-state index contributed by atoms with van der Waals surface area (Å²) in [5, 5.41) is 0. The summed E-state index contributed by atoms with van der Waals surface area (Å²) in [5.74, 6) is 0. The SMILES string of the molecule is CC[C@@H](C)N(CC)C(C)C. The third-order valence-electron chi connectivity index (χ3n) is 2.19. The maximum Gasteiger partial charge on any atom is 0.00668 e. The fourth-order valence-electron chi connectivity index (χ4n) is 1.42. The average Bonchev–Trinajstić information content (AvgIpc) is 1.88. The van der Waals surface area contributed by atoms with Crippen LogP contribution in [0.25, 0.3) is 0 Å². The summed E-state index contributed by atoms with van der Waals surface area (Å²) in [6, 6.07) is 1.44. The van der Waals surface area contributed by atoms with E-state index in [4.69, 9.17) is 0 Å². The highest BCUT2D eigenvalue weighted by Gasteiger charge is 2.11. The summed E-state index contributed by atoms with van der Waals surface area (Å²) in [6.45, 7) is 12.5. The standard InChI is InChI=1S/C9H21N/c1-6-9(5)10(7-2)8(3)4/h8-9H,6-7H2,1-5H3/t9-/m1/s1. The maximum atomic E-state index is 2.51. The molecule has 0 heterocycles. The first kappa shape index (κ1) is 9.96. The minimum Gasteiger partial charge on any atom is -0.299 e. The molecule has 0 aliphatic carbocycles. The molecule has 0 radical (unpaired) electrons. The van der Waals surface area contributed by atoms with Crippen molar-refractivity contribution in [1.82, 2.24) is 4.90 Å². The van der Waals surface area contributed by atoms with Gasteiger partial charge in [0.1, 0.15) is 0 Å². The molecule has 0 spiro atoms. The molecule has 0 saturated carbocycles. The van der Waals surface area contributed by atoms with Crippen LogP contribution < -0.4 is 0 Å². The Kier molecular flexibility index (Phi) is 4.71. The second-order valence-electron chi connectivity index (χ2n) is 3.18. The van der Waals surface area contributed by atoms with Crippen LogP contribution in [-0.2, 0) is 0 Å². The molecule has 0 unspecified atom stereocenters. The largest absolute Gasteiger partial charge is 0.299 e. The first-order chi connectivity index (χ1) is 4.63. The van der Waals surface area contributed by atoms with Crippen molar-refractivity contribution in [2.24, 2.45) is 0 Å². The predicted octanol–water partition coefficient (Wildman–Crippen LogP) is 2.52. The lowest BCUT2D eigenvalue weighted by Crippen LogP contribution is -2.37. The zero-order valence-corrected chi connectivity index (χ0v) is 8.02. The Morgan fingerprint density at radius 3 is 1.70 bits per heavy atom. The minimum absolute atomic E-state index is 0.694. The maximum absolute atomic E-state index is 2.51. The zero-order valence-electron chi connectivity index (χ0n) is 8.02. The zero-order chi connectivity index (χ0) is 8.15. The van der Waals surface area contributed by atoms with E-state index in [2.05, 4.69) is 39.5 Å². The Bertz CT molecular complexity index is 78.8. The Hall–Kier alpha value is -0.0400. The summed E-state index contributed by atoms with van der Waals surface area (Å²) in [6.07, 6.45) is 1.26. The molecule has 0 saturated heterocycles. The van der Waals surface area contributed by atoms with E-state index in [1.165, 1.54) is 13.0 Å². The normalized spacial score (nSPS) is 14.7. The van der Waals surface area contributed by atoms with Gasteiger partial charge in [0, 0.05) is 12.1 Å². The molecule has 0 amide bonds. The third kappa shape index (κ3) is 2.70. The quantitative estimate of drug-likeness (QED) is 0.584. The highest BCUT2D eigenvalue weighted by molar-refractivity contribution is 4.67. The van der Waals surface area contributed by atoms with E-state index < -0.39 is 0 Å². The highest BCUT2D eigenvalue weighted by atomic mass is 15.2. The van der Waals surface area contributed by atoms with Crippen LogP contribution in [0.4, 0.5) is 0 Å². The van der Waals surface area contributed by atoms with Crippen molar-refractivity contribution in [3.63, 3.8) is 0 Å². The molecule has 0 aromatic rings. The molecule has 0 aliphatic rings. The first-order valence-corrected chi connectivity index (χ1v) is 4.39. The molecule has 1 heteroatoms. The van der Waals surface area contributed by atoms with E-state index in [0.29, 0.717) is 6.04 Å². The lowest BCUT2D eigenvalue weighted by Gasteiger charge is -2.30. The molecule has 0 bridgehead atoms. The van der Waals surface area contributed by atoms with E-state index in [1.54, 1.807) is 0 Å². The van der Waals surface area contributed by atoms with Crippen molar-refractivity contribution in [1.29, 1.82) is 0 Å². The molecule has 0 aromatic carbocycles. The molecule has 0 fully saturated rings. The van der Waals surface area contributed by atoms with Gasteiger partial charge < -0.3 is 0 Å². The van der Waals surface area contributed by atoms with Crippen molar-refractivity contribution in [3.05, 3.63) is 0 Å². The predicted molar refractivity (Wildman–Crippen MR) is 47.3 cm³/mol. The number of nitrogens with zero attached hydrogens (tertiary/aromatic N) is 1. The number of rotatable bonds is 4. The van der Waals surface area contributed by atoms with Gasteiger partial charge in [-0.3, -0.25) is 4.90 Å². The van der Waals surface area contributed by atoms with Crippen LogP contribution in [0, 0.1) is 0 Å². The summed E-state index contributed by atoms with van der Waals surface area (Å²) in [5.41, 5.74) is 0. The molecule has 0 rings (SSSR count). The molecular formula is C9H21N. The van der Waals surface area contributed by atoms with Gasteiger partial charge in [-0.2, -0.15) is 0 Å². The van der Waals surface area contributed by atoms with E-state index in [-0.39, 0.29) is 0 Å². The summed E-state index contributed by atoms with van der Waals surface area (Å²) >= 11 is 0. The van der Waals surface area contributed by atoms with Gasteiger partial charge in [-0.15, -0.1) is 0 Å². The summed E-state index contributed by atoms with van der Waals surface area (Å²) in [4.78, 5) is 2.51. The molecular weight excluding hydrogens is 122 g/mol. The van der Waals surface area contributed by atoms with Gasteiger partial charge in [0.15, 0.2) is 0 Å². The molecule has 62 valence electrons. The van der Waals surface area contributed by atoms with E-state index >= 15 is 0 Å². The van der Waals surface area contributed by atoms with Crippen LogP contribution in [-0.4, -0.2) is 23.5 Å². The van der Waals surface area contributed by atoms with Crippen molar-refractivity contribution in [3.8, 4) is 0 Å². The van der Waals surface area contributed by atoms with Gasteiger partial charge in [-0.25, -0.2) is 0 Å². The monoisotopic (exact) mass is 143 g/mol. The van der Waals surface area contributed by atoms with Gasteiger partial charge in [0.05, 0.1) is 0 Å². The van der Waals surface area contributed by atoms with Gasteiger partial charge >= 0.3 is 0 Å². The summed E-state index contributed by atoms with van der Waals surface area (Å²) < 4.78 is 0. The van der Waals surface area contributed by atoms with E-state index in [0.717, 1.165) is 6.04 Å². The van der Waals surface area contributed by atoms with Crippen molar-refractivity contribution < 1.29 is 0 Å². The van der Waals surface area contributed by atoms with Gasteiger partial charge in [-0.05, 0) is 33.7 Å². The Labute approximate surface area is 65.4 Å². The summed E-state index contributed by atoms with van der Waals surface area (Å²) in [7, 11) is 0. The smallest absolute Gasteiger partial charge is 0.00668 e. The van der Waals surface area contributed by atoms with Crippen molar-refractivity contribution >= 4 is 0 Å². The number of hydrogen-bond donors (Lipinski definition) is 0. The average molecular weight is 143 g/mol. The van der Waals surface area contributed by atoms with Crippen LogP contribution in [0.2, 0.25) is 0 Å². The fourth-order valence-corrected chi connectivity index (χ4v) is 1.42. The Morgan fingerprint density at radius 1 is 1.10 bits per heavy atom. The topological polar surface area (TPSA) is 3.24 Å². The van der Waals surface area contributed by atoms with Crippen molar-refractivity contribution in [2.45, 2.75) is 53.1 Å². The molecule has 10 heavy (non-hydrogen) atoms. The van der Waals surface area contributed by atoms with Crippen LogP contribution >= 0.6 is 0 Å². The van der Waals surface area contributed by atoms with Crippen LogP contribution in [0.5, 0.6) is 0 Å². The van der Waals surface area contributed by atoms with E-state index in [9.17, 15) is 0 Å². The first-order valence-electron chi connectivity index (χ1n) is 4.39. The Balaban J connectivity index is 3.80. The van der Waals surface area contributed by atoms with Crippen LogP contribution in [0.3, 0.4) is 0 Å². The van der Waals surface area contributed by atoms with Crippen LogP contribution in [0.1, 0.15) is 41.0 Å². The van der Waals surface area contributed by atoms with Gasteiger partial charge in [0.25, 0.3) is 0 Å². The second-order valence-corrected chi connectivity index (χ2v) is 3.18. The van der Waals surface area contributed by atoms with Gasteiger partial charge in [0.2, 0.25) is 0 Å². The lowest BCUT2D eigenvalue weighted by molar-refractivity contribution is 0.169. The highest BCUT2D eigenvalue weighted by Crippen LogP contribution is 2.06. The third-order valence-corrected chi connectivity index (χ3v) is 2.19. The number of hydrogen-bond acceptors (Lipinski definition) is 1. The molecule has 1 nitrogen and oxygen atoms in total. The molecule has 0 aliphatic heterocycles. The Morgan fingerprint density at radius 2 is 1.60 bits per heavy atom. The van der Waals surface area contributed by atoms with E-state index in [1.807, 2.05) is 0 Å². The minimum atomic E-state index is 0.694.